The normalized spacial score (nSPS) is 16.5. The van der Waals surface area contributed by atoms with Crippen LogP contribution in [0.2, 0.25) is 0 Å². The van der Waals surface area contributed by atoms with Crippen molar-refractivity contribution in [3.8, 4) is 5.75 Å². The molecule has 25 heavy (non-hydrogen) atoms. The molecule has 9 heteroatoms. The van der Waals surface area contributed by atoms with Crippen LogP contribution in [0.4, 0.5) is 0 Å². The number of hydrogen-bond acceptors (Lipinski definition) is 5. The number of benzene rings is 1. The molecule has 1 aliphatic rings. The van der Waals surface area contributed by atoms with Gasteiger partial charge in [0.1, 0.15) is 5.75 Å². The molecule has 1 aromatic carbocycles. The van der Waals surface area contributed by atoms with Crippen molar-refractivity contribution in [2.45, 2.75) is 43.2 Å². The molecule has 0 spiro atoms. The van der Waals surface area contributed by atoms with Crippen LogP contribution in [0.15, 0.2) is 26.0 Å². The fourth-order valence-electron chi connectivity index (χ4n) is 2.47. The van der Waals surface area contributed by atoms with E-state index in [0.717, 1.165) is 19.3 Å². The van der Waals surface area contributed by atoms with E-state index in [2.05, 4.69) is 48.8 Å². The highest BCUT2D eigenvalue weighted by Crippen LogP contribution is 2.33. The van der Waals surface area contributed by atoms with Gasteiger partial charge >= 0.3 is 0 Å². The van der Waals surface area contributed by atoms with Crippen LogP contribution in [-0.4, -0.2) is 47.4 Å². The van der Waals surface area contributed by atoms with E-state index in [4.69, 9.17) is 9.47 Å². The fraction of sp³-hybridized carbons (Fsp3) is 0.625. The molecule has 0 saturated carbocycles. The van der Waals surface area contributed by atoms with Gasteiger partial charge in [0.25, 0.3) is 0 Å². The molecule has 142 valence electrons. The molecular weight excluding hydrogens is 476 g/mol. The quantitative estimate of drug-likeness (QED) is 0.517. The van der Waals surface area contributed by atoms with Gasteiger partial charge < -0.3 is 14.8 Å². The monoisotopic (exact) mass is 498 g/mol. The summed E-state index contributed by atoms with van der Waals surface area (Å²) in [6.07, 6.45) is 2.75. The number of sulfonamides is 1. The predicted molar refractivity (Wildman–Crippen MR) is 105 cm³/mol. The molecule has 1 aliphatic heterocycles. The van der Waals surface area contributed by atoms with Gasteiger partial charge in [0.15, 0.2) is 0 Å². The molecule has 1 heterocycles. The fourth-order valence-corrected chi connectivity index (χ4v) is 5.61. The Hall–Kier alpha value is -0.190. The molecule has 6 nitrogen and oxygen atoms in total. The molecule has 1 saturated heterocycles. The van der Waals surface area contributed by atoms with E-state index < -0.39 is 10.0 Å². The predicted octanol–water partition coefficient (Wildman–Crippen LogP) is 3.05. The summed E-state index contributed by atoms with van der Waals surface area (Å²) >= 11 is 6.69. The summed E-state index contributed by atoms with van der Waals surface area (Å²) in [7, 11) is -2.17. The third kappa shape index (κ3) is 5.90. The molecule has 0 aromatic heterocycles. The summed E-state index contributed by atoms with van der Waals surface area (Å²) in [5.74, 6) is 0.471. The summed E-state index contributed by atoms with van der Waals surface area (Å²) in [6, 6.07) is 3.33. The zero-order chi connectivity index (χ0) is 18.4. The van der Waals surface area contributed by atoms with Gasteiger partial charge in [0.05, 0.1) is 35.7 Å². The lowest BCUT2D eigenvalue weighted by Gasteiger charge is -2.29. The summed E-state index contributed by atoms with van der Waals surface area (Å²) in [5, 5.41) is 3.35. The Bertz CT molecular complexity index is 681. The Morgan fingerprint density at radius 3 is 2.60 bits per heavy atom. The summed E-state index contributed by atoms with van der Waals surface area (Å²) in [5.41, 5.74) is 0. The van der Waals surface area contributed by atoms with Crippen molar-refractivity contribution in [2.75, 3.05) is 26.9 Å². The molecule has 1 atom stereocenters. The topological polar surface area (TPSA) is 76.7 Å². The second kappa shape index (κ2) is 9.66. The standard InChI is InChI=1S/C16H24Br2N2O4S/c1-3-4-5-11(8-19-12-9-24-10-12)20-25(21,22)16-7-15(23-2)13(17)6-14(16)18/h6-7,11-12,19-20H,3-5,8-10H2,1-2H3. The van der Waals surface area contributed by atoms with Crippen LogP contribution >= 0.6 is 31.9 Å². The maximum atomic E-state index is 12.9. The van der Waals surface area contributed by atoms with Crippen LogP contribution in [-0.2, 0) is 14.8 Å². The highest BCUT2D eigenvalue weighted by molar-refractivity contribution is 9.11. The maximum absolute atomic E-state index is 12.9. The van der Waals surface area contributed by atoms with E-state index in [1.807, 2.05) is 0 Å². The van der Waals surface area contributed by atoms with Gasteiger partial charge in [0, 0.05) is 23.1 Å². The van der Waals surface area contributed by atoms with Crippen LogP contribution in [0.25, 0.3) is 0 Å². The Morgan fingerprint density at radius 1 is 1.32 bits per heavy atom. The van der Waals surface area contributed by atoms with E-state index in [1.54, 1.807) is 6.07 Å². The first kappa shape index (κ1) is 21.1. The first-order valence-corrected chi connectivity index (χ1v) is 11.3. The van der Waals surface area contributed by atoms with Crippen molar-refractivity contribution in [2.24, 2.45) is 0 Å². The van der Waals surface area contributed by atoms with Crippen molar-refractivity contribution in [1.82, 2.24) is 10.0 Å². The smallest absolute Gasteiger partial charge is 0.242 e. The highest BCUT2D eigenvalue weighted by atomic mass is 79.9. The number of nitrogens with one attached hydrogen (secondary N) is 2. The average molecular weight is 500 g/mol. The van der Waals surface area contributed by atoms with Crippen LogP contribution in [0.1, 0.15) is 26.2 Å². The molecule has 0 radical (unpaired) electrons. The van der Waals surface area contributed by atoms with Crippen molar-refractivity contribution < 1.29 is 17.9 Å². The Balaban J connectivity index is 2.14. The first-order chi connectivity index (χ1) is 11.9. The summed E-state index contributed by atoms with van der Waals surface area (Å²) in [6.45, 7) is 4.04. The van der Waals surface area contributed by atoms with Crippen LogP contribution in [0, 0.1) is 0 Å². The zero-order valence-corrected chi connectivity index (χ0v) is 18.3. The second-order valence-corrected chi connectivity index (χ2v) is 9.41. The molecular formula is C16H24Br2N2O4S. The maximum Gasteiger partial charge on any atom is 0.242 e. The van der Waals surface area contributed by atoms with Gasteiger partial charge in [-0.25, -0.2) is 13.1 Å². The van der Waals surface area contributed by atoms with Crippen LogP contribution < -0.4 is 14.8 Å². The van der Waals surface area contributed by atoms with E-state index >= 15 is 0 Å². The SMILES string of the molecule is CCCCC(CNC1COC1)NS(=O)(=O)c1cc(OC)c(Br)cc1Br. The second-order valence-electron chi connectivity index (χ2n) is 6.02. The molecule has 1 aromatic rings. The van der Waals surface area contributed by atoms with Gasteiger partial charge in [-0.3, -0.25) is 0 Å². The Morgan fingerprint density at radius 2 is 2.04 bits per heavy atom. The van der Waals surface area contributed by atoms with E-state index in [9.17, 15) is 8.42 Å². The average Bonchev–Trinajstić information content (AvgIpc) is 2.50. The van der Waals surface area contributed by atoms with Crippen molar-refractivity contribution >= 4 is 41.9 Å². The Labute approximate surface area is 166 Å². The summed E-state index contributed by atoms with van der Waals surface area (Å²) in [4.78, 5) is 0.168. The lowest BCUT2D eigenvalue weighted by molar-refractivity contribution is -0.00563. The van der Waals surface area contributed by atoms with Gasteiger partial charge in [-0.05, 0) is 44.3 Å². The largest absolute Gasteiger partial charge is 0.496 e. The van der Waals surface area contributed by atoms with Crippen LogP contribution in [0.5, 0.6) is 5.75 Å². The minimum atomic E-state index is -3.68. The number of methoxy groups -OCH3 is 1. The third-order valence-corrected chi connectivity index (χ3v) is 7.11. The van der Waals surface area contributed by atoms with E-state index in [0.29, 0.717) is 40.5 Å². The number of rotatable bonds is 10. The molecule has 0 aliphatic carbocycles. The van der Waals surface area contributed by atoms with E-state index in [1.165, 1.54) is 13.2 Å². The molecule has 2 rings (SSSR count). The number of unbranched alkanes of at least 4 members (excludes halogenated alkanes) is 1. The number of hydrogen-bond donors (Lipinski definition) is 2. The minimum Gasteiger partial charge on any atom is -0.496 e. The minimum absolute atomic E-state index is 0.168. The molecule has 1 unspecified atom stereocenters. The van der Waals surface area contributed by atoms with E-state index in [-0.39, 0.29) is 10.9 Å². The van der Waals surface area contributed by atoms with Gasteiger partial charge in [-0.1, -0.05) is 19.8 Å². The van der Waals surface area contributed by atoms with Gasteiger partial charge in [-0.15, -0.1) is 0 Å². The third-order valence-electron chi connectivity index (χ3n) is 4.01. The van der Waals surface area contributed by atoms with Crippen molar-refractivity contribution in [1.29, 1.82) is 0 Å². The van der Waals surface area contributed by atoms with Crippen molar-refractivity contribution in [3.63, 3.8) is 0 Å². The van der Waals surface area contributed by atoms with Gasteiger partial charge in [-0.2, -0.15) is 0 Å². The lowest BCUT2D eigenvalue weighted by atomic mass is 10.1. The highest BCUT2D eigenvalue weighted by Gasteiger charge is 2.25. The van der Waals surface area contributed by atoms with Crippen molar-refractivity contribution in [3.05, 3.63) is 21.1 Å². The lowest BCUT2D eigenvalue weighted by Crippen LogP contribution is -2.51. The summed E-state index contributed by atoms with van der Waals surface area (Å²) < 4.78 is 40.1. The number of ether oxygens (including phenoxy) is 2. The van der Waals surface area contributed by atoms with Crippen LogP contribution in [0.3, 0.4) is 0 Å². The van der Waals surface area contributed by atoms with Gasteiger partial charge in [0.2, 0.25) is 10.0 Å². The number of halogens is 2. The molecule has 0 bridgehead atoms. The molecule has 0 amide bonds. The molecule has 1 fully saturated rings. The Kier molecular flexibility index (Phi) is 8.16. The first-order valence-electron chi connectivity index (χ1n) is 8.23. The molecule has 2 N–H and O–H groups in total. The zero-order valence-electron chi connectivity index (χ0n) is 14.3.